The molecule has 3 aromatic rings. The van der Waals surface area contributed by atoms with Crippen LogP contribution in [0.3, 0.4) is 0 Å². The van der Waals surface area contributed by atoms with Crippen molar-refractivity contribution in [3.63, 3.8) is 0 Å². The Hall–Kier alpha value is -2.33. The minimum atomic E-state index is -4.33. The first-order chi connectivity index (χ1) is 13.0. The zero-order valence-electron chi connectivity index (χ0n) is 16.3. The Balaban J connectivity index is 1.94. The monoisotopic (exact) mass is 394 g/mol. The highest BCUT2D eigenvalue weighted by atomic mass is 31.2. The molecule has 0 atom stereocenters. The standard InChI is InChI=1S/C22H23N2O3P/c1-21(2)17-8-6-5-7-16(17)20(24-22(21,3)4)18-12-10-14-9-11-15(28(25,26)27)13-19(14)23-18/h5-13H,1-4H3,(H2,25,26,27). The van der Waals surface area contributed by atoms with Gasteiger partial charge in [-0.05, 0) is 37.6 Å². The highest BCUT2D eigenvalue weighted by Crippen LogP contribution is 2.43. The molecule has 0 radical (unpaired) electrons. The molecular formula is C22H23N2O3P. The van der Waals surface area contributed by atoms with Crippen molar-refractivity contribution < 1.29 is 14.4 Å². The van der Waals surface area contributed by atoms with Crippen LogP contribution in [0.2, 0.25) is 0 Å². The first kappa shape index (κ1) is 19.0. The summed E-state index contributed by atoms with van der Waals surface area (Å²) in [7, 11) is -4.33. The summed E-state index contributed by atoms with van der Waals surface area (Å²) in [5, 5.41) is 0.794. The van der Waals surface area contributed by atoms with Crippen molar-refractivity contribution >= 4 is 29.5 Å². The van der Waals surface area contributed by atoms with Crippen molar-refractivity contribution in [2.24, 2.45) is 4.99 Å². The summed E-state index contributed by atoms with van der Waals surface area (Å²) in [5.74, 6) is 0. The second-order valence-electron chi connectivity index (χ2n) is 8.31. The second-order valence-corrected chi connectivity index (χ2v) is 9.91. The lowest BCUT2D eigenvalue weighted by atomic mass is 9.66. The Bertz CT molecular complexity index is 1180. The fraction of sp³-hybridized carbons (Fsp3) is 0.273. The summed E-state index contributed by atoms with van der Waals surface area (Å²) in [6.45, 7) is 8.64. The van der Waals surface area contributed by atoms with Gasteiger partial charge >= 0.3 is 7.60 Å². The summed E-state index contributed by atoms with van der Waals surface area (Å²) >= 11 is 0. The molecule has 28 heavy (non-hydrogen) atoms. The lowest BCUT2D eigenvalue weighted by Crippen LogP contribution is -2.46. The first-order valence-corrected chi connectivity index (χ1v) is 10.8. The maximum atomic E-state index is 11.6. The molecule has 6 heteroatoms. The number of nitrogens with zero attached hydrogens (tertiary/aromatic N) is 2. The van der Waals surface area contributed by atoms with E-state index in [1.165, 1.54) is 17.7 Å². The van der Waals surface area contributed by atoms with E-state index in [-0.39, 0.29) is 16.3 Å². The van der Waals surface area contributed by atoms with Crippen molar-refractivity contribution in [1.29, 1.82) is 0 Å². The molecule has 0 fully saturated rings. The van der Waals surface area contributed by atoms with Crippen LogP contribution in [0.4, 0.5) is 0 Å². The number of fused-ring (bicyclic) bond motifs is 2. The largest absolute Gasteiger partial charge is 0.356 e. The summed E-state index contributed by atoms with van der Waals surface area (Å²) < 4.78 is 11.6. The maximum absolute atomic E-state index is 11.6. The molecule has 2 aromatic carbocycles. The highest BCUT2D eigenvalue weighted by molar-refractivity contribution is 7.60. The molecule has 2 heterocycles. The van der Waals surface area contributed by atoms with Crippen LogP contribution in [0.25, 0.3) is 10.9 Å². The van der Waals surface area contributed by atoms with Crippen LogP contribution in [-0.2, 0) is 9.98 Å². The molecule has 0 saturated carbocycles. The molecule has 1 aliphatic heterocycles. The van der Waals surface area contributed by atoms with Crippen molar-refractivity contribution in [2.45, 2.75) is 38.6 Å². The molecule has 5 nitrogen and oxygen atoms in total. The topological polar surface area (TPSA) is 82.8 Å². The SMILES string of the molecule is CC1(C)N=C(c2ccc3ccc(P(=O)(O)O)cc3n2)c2ccccc2C1(C)C. The maximum Gasteiger partial charge on any atom is 0.356 e. The van der Waals surface area contributed by atoms with E-state index in [2.05, 4.69) is 39.8 Å². The average molecular weight is 394 g/mol. The van der Waals surface area contributed by atoms with Crippen LogP contribution in [0.5, 0.6) is 0 Å². The fourth-order valence-corrected chi connectivity index (χ4v) is 4.22. The average Bonchev–Trinajstić information content (AvgIpc) is 2.63. The lowest BCUT2D eigenvalue weighted by molar-refractivity contribution is 0.303. The van der Waals surface area contributed by atoms with Gasteiger partial charge in [0.15, 0.2) is 0 Å². The van der Waals surface area contributed by atoms with Gasteiger partial charge in [0.25, 0.3) is 0 Å². The third-order valence-electron chi connectivity index (χ3n) is 6.03. The number of aliphatic imine (C=N–C) groups is 1. The van der Waals surface area contributed by atoms with Gasteiger partial charge in [0, 0.05) is 16.4 Å². The Labute approximate surface area is 164 Å². The summed E-state index contributed by atoms with van der Waals surface area (Å²) in [5.41, 5.74) is 3.84. The van der Waals surface area contributed by atoms with Crippen molar-refractivity contribution in [1.82, 2.24) is 4.98 Å². The fourth-order valence-electron chi connectivity index (χ4n) is 3.66. The Morgan fingerprint density at radius 3 is 2.32 bits per heavy atom. The van der Waals surface area contributed by atoms with E-state index >= 15 is 0 Å². The van der Waals surface area contributed by atoms with Crippen LogP contribution in [0.1, 0.15) is 44.5 Å². The summed E-state index contributed by atoms with van der Waals surface area (Å²) in [6.07, 6.45) is 0. The number of hydrogen-bond acceptors (Lipinski definition) is 3. The van der Waals surface area contributed by atoms with E-state index in [0.29, 0.717) is 11.2 Å². The molecule has 144 valence electrons. The molecule has 4 rings (SSSR count). The predicted octanol–water partition coefficient (Wildman–Crippen LogP) is 3.95. The van der Waals surface area contributed by atoms with Crippen LogP contribution in [0.15, 0.2) is 59.6 Å². The van der Waals surface area contributed by atoms with E-state index in [9.17, 15) is 14.4 Å². The van der Waals surface area contributed by atoms with Gasteiger partial charge < -0.3 is 9.79 Å². The van der Waals surface area contributed by atoms with Gasteiger partial charge in [-0.2, -0.15) is 0 Å². The number of hydrogen-bond donors (Lipinski definition) is 2. The van der Waals surface area contributed by atoms with Gasteiger partial charge in [0.05, 0.1) is 27.8 Å². The molecule has 1 aliphatic rings. The second kappa shape index (κ2) is 6.08. The van der Waals surface area contributed by atoms with E-state index in [4.69, 9.17) is 9.98 Å². The van der Waals surface area contributed by atoms with E-state index < -0.39 is 7.60 Å². The van der Waals surface area contributed by atoms with Crippen LogP contribution >= 0.6 is 7.60 Å². The Morgan fingerprint density at radius 2 is 1.61 bits per heavy atom. The zero-order chi connectivity index (χ0) is 20.3. The third kappa shape index (κ3) is 2.91. The summed E-state index contributed by atoms with van der Waals surface area (Å²) in [4.78, 5) is 28.7. The number of pyridine rings is 1. The third-order valence-corrected chi connectivity index (χ3v) is 6.98. The van der Waals surface area contributed by atoms with Crippen LogP contribution in [0, 0.1) is 0 Å². The molecule has 0 unspecified atom stereocenters. The first-order valence-electron chi connectivity index (χ1n) is 9.18. The molecule has 0 aliphatic carbocycles. The predicted molar refractivity (Wildman–Crippen MR) is 113 cm³/mol. The van der Waals surface area contributed by atoms with Crippen molar-refractivity contribution in [2.75, 3.05) is 0 Å². The van der Waals surface area contributed by atoms with Gasteiger partial charge in [0.1, 0.15) is 0 Å². The van der Waals surface area contributed by atoms with Crippen LogP contribution in [-0.4, -0.2) is 26.0 Å². The van der Waals surface area contributed by atoms with Gasteiger partial charge in [-0.25, -0.2) is 4.98 Å². The Kier molecular flexibility index (Phi) is 4.13. The van der Waals surface area contributed by atoms with E-state index in [1.807, 2.05) is 24.3 Å². The molecule has 0 bridgehead atoms. The van der Waals surface area contributed by atoms with Gasteiger partial charge in [0.2, 0.25) is 0 Å². The molecule has 0 amide bonds. The van der Waals surface area contributed by atoms with E-state index in [0.717, 1.165) is 16.7 Å². The van der Waals surface area contributed by atoms with Gasteiger partial charge in [-0.1, -0.05) is 50.2 Å². The molecule has 2 N–H and O–H groups in total. The molecule has 1 aromatic heterocycles. The lowest BCUT2D eigenvalue weighted by Gasteiger charge is -2.44. The minimum absolute atomic E-state index is 0.0305. The summed E-state index contributed by atoms with van der Waals surface area (Å²) in [6, 6.07) is 16.7. The van der Waals surface area contributed by atoms with Crippen molar-refractivity contribution in [3.8, 4) is 0 Å². The number of aromatic nitrogens is 1. The number of rotatable bonds is 2. The molecule has 0 spiro atoms. The van der Waals surface area contributed by atoms with Crippen molar-refractivity contribution in [3.05, 3.63) is 71.4 Å². The molecule has 0 saturated heterocycles. The van der Waals surface area contributed by atoms with Crippen LogP contribution < -0.4 is 5.30 Å². The quantitative estimate of drug-likeness (QED) is 0.645. The minimum Gasteiger partial charge on any atom is -0.321 e. The zero-order valence-corrected chi connectivity index (χ0v) is 17.2. The Morgan fingerprint density at radius 1 is 0.929 bits per heavy atom. The smallest absolute Gasteiger partial charge is 0.321 e. The van der Waals surface area contributed by atoms with Gasteiger partial charge in [-0.3, -0.25) is 9.56 Å². The normalized spacial score (nSPS) is 17.9. The number of benzene rings is 2. The molecular weight excluding hydrogens is 371 g/mol. The van der Waals surface area contributed by atoms with Gasteiger partial charge in [-0.15, -0.1) is 0 Å². The highest BCUT2D eigenvalue weighted by Gasteiger charge is 2.43. The van der Waals surface area contributed by atoms with E-state index in [1.54, 1.807) is 6.07 Å².